The Balaban J connectivity index is 2.04. The van der Waals surface area contributed by atoms with E-state index in [1.165, 1.54) is 0 Å². The number of aliphatic carboxylic acids is 1. The van der Waals surface area contributed by atoms with Crippen molar-refractivity contribution >= 4 is 16.7 Å². The van der Waals surface area contributed by atoms with E-state index in [9.17, 15) is 4.79 Å². The normalized spacial score (nSPS) is 12.3. The van der Waals surface area contributed by atoms with Crippen LogP contribution in [0.1, 0.15) is 6.42 Å². The fraction of sp³-hybridized carbons (Fsp3) is 0.267. The molecule has 0 amide bonds. The fourth-order valence-corrected chi connectivity index (χ4v) is 2.00. The van der Waals surface area contributed by atoms with Crippen LogP contribution < -0.4 is 10.1 Å². The Hall–Kier alpha value is -2.07. The molecule has 2 aromatic rings. The molecule has 0 saturated carbocycles. The first-order valence-corrected chi connectivity index (χ1v) is 6.23. The summed E-state index contributed by atoms with van der Waals surface area (Å²) < 4.78 is 5.70. The highest BCUT2D eigenvalue weighted by molar-refractivity contribution is 5.88. The number of ether oxygens (including phenoxy) is 1. The maximum absolute atomic E-state index is 10.9. The zero-order valence-electron chi connectivity index (χ0n) is 10.8. The van der Waals surface area contributed by atoms with Gasteiger partial charge in [0.15, 0.2) is 0 Å². The van der Waals surface area contributed by atoms with Crippen LogP contribution in [0.15, 0.2) is 42.5 Å². The zero-order valence-corrected chi connectivity index (χ0v) is 10.8. The molecule has 0 radical (unpaired) electrons. The molecule has 1 unspecified atom stereocenters. The quantitative estimate of drug-likeness (QED) is 0.835. The monoisotopic (exact) mass is 259 g/mol. The molecule has 0 bridgehead atoms. The van der Waals surface area contributed by atoms with Crippen LogP contribution in [-0.2, 0) is 4.79 Å². The van der Waals surface area contributed by atoms with Crippen molar-refractivity contribution in [3.05, 3.63) is 42.5 Å². The number of likely N-dealkylation sites (N-methyl/N-ethyl adjacent to an activating group) is 1. The number of hydrogen-bond acceptors (Lipinski definition) is 3. The highest BCUT2D eigenvalue weighted by atomic mass is 16.5. The molecule has 100 valence electrons. The van der Waals surface area contributed by atoms with Crippen LogP contribution >= 0.6 is 0 Å². The van der Waals surface area contributed by atoms with E-state index in [0.29, 0.717) is 13.0 Å². The number of benzene rings is 2. The van der Waals surface area contributed by atoms with Crippen molar-refractivity contribution in [2.75, 3.05) is 13.7 Å². The molecule has 4 heteroatoms. The molecule has 4 nitrogen and oxygen atoms in total. The van der Waals surface area contributed by atoms with Gasteiger partial charge >= 0.3 is 5.97 Å². The van der Waals surface area contributed by atoms with Gasteiger partial charge in [0.25, 0.3) is 0 Å². The number of carbonyl (C=O) groups is 1. The van der Waals surface area contributed by atoms with Crippen molar-refractivity contribution in [1.82, 2.24) is 5.32 Å². The van der Waals surface area contributed by atoms with Gasteiger partial charge in [0.05, 0.1) is 6.61 Å². The summed E-state index contributed by atoms with van der Waals surface area (Å²) in [5.41, 5.74) is 0. The first kappa shape index (κ1) is 13.4. The molecule has 0 aliphatic rings. The lowest BCUT2D eigenvalue weighted by atomic mass is 10.1. The summed E-state index contributed by atoms with van der Waals surface area (Å²) in [6.45, 7) is 0.367. The molecule has 0 heterocycles. The van der Waals surface area contributed by atoms with Crippen molar-refractivity contribution in [3.8, 4) is 5.75 Å². The number of rotatable bonds is 6. The fourth-order valence-electron chi connectivity index (χ4n) is 2.00. The summed E-state index contributed by atoms with van der Waals surface area (Å²) in [4.78, 5) is 10.9. The predicted molar refractivity (Wildman–Crippen MR) is 74.5 cm³/mol. The van der Waals surface area contributed by atoms with Gasteiger partial charge in [-0.3, -0.25) is 4.79 Å². The third kappa shape index (κ3) is 3.23. The van der Waals surface area contributed by atoms with Crippen molar-refractivity contribution in [2.24, 2.45) is 0 Å². The molecule has 1 atom stereocenters. The Morgan fingerprint density at radius 2 is 2.00 bits per heavy atom. The van der Waals surface area contributed by atoms with E-state index in [4.69, 9.17) is 9.84 Å². The van der Waals surface area contributed by atoms with Crippen LogP contribution in [0.3, 0.4) is 0 Å². The second-order valence-electron chi connectivity index (χ2n) is 4.29. The summed E-state index contributed by atoms with van der Waals surface area (Å²) in [5.74, 6) is -0.0673. The van der Waals surface area contributed by atoms with Gasteiger partial charge in [-0.1, -0.05) is 36.4 Å². The number of nitrogens with one attached hydrogen (secondary N) is 1. The zero-order chi connectivity index (χ0) is 13.7. The molecular formula is C15H17NO3. The molecule has 0 aliphatic carbocycles. The number of fused-ring (bicyclic) bond motifs is 1. The molecule has 2 aromatic carbocycles. The minimum Gasteiger partial charge on any atom is -0.493 e. The number of carboxylic acid groups (broad SMARTS) is 1. The smallest absolute Gasteiger partial charge is 0.320 e. The van der Waals surface area contributed by atoms with Gasteiger partial charge < -0.3 is 15.2 Å². The standard InChI is InChI=1S/C15H17NO3/c1-16-13(15(17)18)9-10-19-14-8-4-6-11-5-2-3-7-12(11)14/h2-8,13,16H,9-10H2,1H3,(H,17,18). The van der Waals surface area contributed by atoms with Gasteiger partial charge in [-0.05, 0) is 18.5 Å². The molecule has 2 N–H and O–H groups in total. The molecule has 2 rings (SSSR count). The van der Waals surface area contributed by atoms with Crippen molar-refractivity contribution < 1.29 is 14.6 Å². The molecule has 0 saturated heterocycles. The van der Waals surface area contributed by atoms with Crippen LogP contribution in [0.5, 0.6) is 5.75 Å². The Bertz CT molecular complexity index is 563. The molecule has 19 heavy (non-hydrogen) atoms. The lowest BCUT2D eigenvalue weighted by molar-refractivity contribution is -0.139. The summed E-state index contributed by atoms with van der Waals surface area (Å²) >= 11 is 0. The third-order valence-electron chi connectivity index (χ3n) is 3.06. The average molecular weight is 259 g/mol. The van der Waals surface area contributed by atoms with Crippen LogP contribution in [0.2, 0.25) is 0 Å². The first-order chi connectivity index (χ1) is 9.22. The first-order valence-electron chi connectivity index (χ1n) is 6.23. The van der Waals surface area contributed by atoms with E-state index in [1.54, 1.807) is 7.05 Å². The van der Waals surface area contributed by atoms with Gasteiger partial charge in [-0.25, -0.2) is 0 Å². The summed E-state index contributed by atoms with van der Waals surface area (Å²) in [6.07, 6.45) is 0.426. The molecule has 0 spiro atoms. The summed E-state index contributed by atoms with van der Waals surface area (Å²) in [5, 5.41) is 13.8. The summed E-state index contributed by atoms with van der Waals surface area (Å²) in [6, 6.07) is 13.2. The van der Waals surface area contributed by atoms with Crippen LogP contribution in [-0.4, -0.2) is 30.8 Å². The van der Waals surface area contributed by atoms with Gasteiger partial charge in [0.2, 0.25) is 0 Å². The SMILES string of the molecule is CNC(CCOc1cccc2ccccc12)C(=O)O. The van der Waals surface area contributed by atoms with E-state index in [0.717, 1.165) is 16.5 Å². The van der Waals surface area contributed by atoms with Crippen molar-refractivity contribution in [3.63, 3.8) is 0 Å². The highest BCUT2D eigenvalue weighted by Gasteiger charge is 2.14. The van der Waals surface area contributed by atoms with Gasteiger partial charge in [-0.15, -0.1) is 0 Å². The average Bonchev–Trinajstić information content (AvgIpc) is 2.43. The Morgan fingerprint density at radius 3 is 2.74 bits per heavy atom. The Morgan fingerprint density at radius 1 is 1.26 bits per heavy atom. The minimum atomic E-state index is -0.857. The summed E-state index contributed by atoms with van der Waals surface area (Å²) in [7, 11) is 1.64. The van der Waals surface area contributed by atoms with Crippen LogP contribution in [0.25, 0.3) is 10.8 Å². The van der Waals surface area contributed by atoms with Gasteiger partial charge in [0.1, 0.15) is 11.8 Å². The number of carboxylic acids is 1. The van der Waals surface area contributed by atoms with Gasteiger partial charge in [0, 0.05) is 11.8 Å². The van der Waals surface area contributed by atoms with Gasteiger partial charge in [-0.2, -0.15) is 0 Å². The second kappa shape index (κ2) is 6.20. The van der Waals surface area contributed by atoms with E-state index >= 15 is 0 Å². The maximum Gasteiger partial charge on any atom is 0.320 e. The van der Waals surface area contributed by atoms with Crippen LogP contribution in [0, 0.1) is 0 Å². The third-order valence-corrected chi connectivity index (χ3v) is 3.06. The largest absolute Gasteiger partial charge is 0.493 e. The topological polar surface area (TPSA) is 58.6 Å². The predicted octanol–water partition coefficient (Wildman–Crippen LogP) is 2.28. The van der Waals surface area contributed by atoms with E-state index in [-0.39, 0.29) is 0 Å². The van der Waals surface area contributed by atoms with Crippen molar-refractivity contribution in [2.45, 2.75) is 12.5 Å². The highest BCUT2D eigenvalue weighted by Crippen LogP contribution is 2.25. The Kier molecular flexibility index (Phi) is 4.36. The Labute approximate surface area is 112 Å². The molecule has 0 fully saturated rings. The molecule has 0 aliphatic heterocycles. The van der Waals surface area contributed by atoms with Crippen LogP contribution in [0.4, 0.5) is 0 Å². The van der Waals surface area contributed by atoms with E-state index in [1.807, 2.05) is 42.5 Å². The lowest BCUT2D eigenvalue weighted by Gasteiger charge is -2.13. The number of hydrogen-bond donors (Lipinski definition) is 2. The van der Waals surface area contributed by atoms with E-state index < -0.39 is 12.0 Å². The lowest BCUT2D eigenvalue weighted by Crippen LogP contribution is -2.35. The van der Waals surface area contributed by atoms with Crippen molar-refractivity contribution in [1.29, 1.82) is 0 Å². The van der Waals surface area contributed by atoms with E-state index in [2.05, 4.69) is 5.32 Å². The molecular weight excluding hydrogens is 242 g/mol. The molecule has 0 aromatic heterocycles. The minimum absolute atomic E-state index is 0.367. The maximum atomic E-state index is 10.9. The second-order valence-corrected chi connectivity index (χ2v) is 4.29.